The number of allylic oxidation sites excluding steroid dienone is 4. The predicted molar refractivity (Wildman–Crippen MR) is 129 cm³/mol. The summed E-state index contributed by atoms with van der Waals surface area (Å²) in [4.78, 5) is 63.2. The van der Waals surface area contributed by atoms with E-state index in [0.717, 1.165) is 6.08 Å². The van der Waals surface area contributed by atoms with Crippen LogP contribution in [-0.2, 0) is 33.4 Å². The first-order chi connectivity index (χ1) is 17.2. The molecule has 3 saturated carbocycles. The van der Waals surface area contributed by atoms with Crippen LogP contribution in [0.25, 0.3) is 0 Å². The van der Waals surface area contributed by atoms with Gasteiger partial charge in [-0.25, -0.2) is 4.39 Å². The zero-order chi connectivity index (χ0) is 27.6. The van der Waals surface area contributed by atoms with Crippen LogP contribution in [0.2, 0.25) is 0 Å². The van der Waals surface area contributed by atoms with Crippen LogP contribution in [0.1, 0.15) is 52.9 Å². The summed E-state index contributed by atoms with van der Waals surface area (Å²) in [5.74, 6) is -5.52. The molecule has 0 aliphatic heterocycles. The molecule has 0 heterocycles. The van der Waals surface area contributed by atoms with Crippen molar-refractivity contribution in [1.29, 1.82) is 0 Å². The summed E-state index contributed by atoms with van der Waals surface area (Å²) < 4.78 is 27.8. The maximum absolute atomic E-state index is 17.3. The number of Topliss-reactive ketones (excluding diaryl/α,β-unsaturated/α-hetero) is 2. The fourth-order valence-electron chi connectivity index (χ4n) is 7.86. The first-order valence-electron chi connectivity index (χ1n) is 12.5. The fourth-order valence-corrected chi connectivity index (χ4v) is 8.06. The largest absolute Gasteiger partial charge is 0.469 e. The predicted octanol–water partition coefficient (Wildman–Crippen LogP) is 2.83. The molecule has 3 fully saturated rings. The van der Waals surface area contributed by atoms with Crippen LogP contribution < -0.4 is 0 Å². The number of esters is 2. The van der Waals surface area contributed by atoms with Crippen LogP contribution in [0.3, 0.4) is 0 Å². The molecular formula is C27H32ClFO8. The van der Waals surface area contributed by atoms with Crippen LogP contribution in [0.5, 0.6) is 0 Å². The maximum Gasteiger partial charge on any atom is 0.307 e. The molecule has 0 radical (unpaired) electrons. The van der Waals surface area contributed by atoms with Gasteiger partial charge < -0.3 is 14.6 Å². The van der Waals surface area contributed by atoms with Gasteiger partial charge in [0.15, 0.2) is 28.6 Å². The standard InChI is InChI=1S/C27H32ClFO8/c1-14-9-16-17-11-19(31)18-10-15(30)7-8-24(18,2)26(17,29)20(32)12-25(16,3)27(14,21(33)13-28)37-23(35)6-5-22(34)36-4/h7-8,10,14,16-17,20,32H,5-6,9,11-13H2,1-4H3/t14-,16-,17-,20-,24-,25-,26-,27-/m0/s1. The van der Waals surface area contributed by atoms with Crippen molar-refractivity contribution >= 4 is 40.9 Å². The molecule has 37 heavy (non-hydrogen) atoms. The monoisotopic (exact) mass is 538 g/mol. The topological polar surface area (TPSA) is 124 Å². The van der Waals surface area contributed by atoms with Crippen LogP contribution in [0.4, 0.5) is 4.39 Å². The first-order valence-corrected chi connectivity index (χ1v) is 13.0. The molecular weight excluding hydrogens is 507 g/mol. The third-order valence-electron chi connectivity index (χ3n) is 9.60. The van der Waals surface area contributed by atoms with E-state index in [0.29, 0.717) is 0 Å². The summed E-state index contributed by atoms with van der Waals surface area (Å²) in [5.41, 5.74) is -6.84. The molecule has 0 aromatic carbocycles. The van der Waals surface area contributed by atoms with Gasteiger partial charge in [-0.05, 0) is 37.8 Å². The number of ketones is 3. The van der Waals surface area contributed by atoms with E-state index >= 15 is 4.39 Å². The van der Waals surface area contributed by atoms with Crippen molar-refractivity contribution in [2.24, 2.45) is 28.6 Å². The van der Waals surface area contributed by atoms with Gasteiger partial charge in [-0.3, -0.25) is 24.0 Å². The molecule has 202 valence electrons. The summed E-state index contributed by atoms with van der Waals surface area (Å²) in [6.07, 6.45) is 1.25. The maximum atomic E-state index is 17.3. The van der Waals surface area contributed by atoms with E-state index < -0.39 is 75.3 Å². The van der Waals surface area contributed by atoms with E-state index in [1.807, 2.05) is 0 Å². The second-order valence-corrected chi connectivity index (χ2v) is 11.5. The number of hydrogen-bond donors (Lipinski definition) is 1. The van der Waals surface area contributed by atoms with Gasteiger partial charge in [-0.1, -0.05) is 19.9 Å². The van der Waals surface area contributed by atoms with Crippen molar-refractivity contribution in [3.05, 3.63) is 23.8 Å². The number of rotatable bonds is 6. The second-order valence-electron chi connectivity index (χ2n) is 11.2. The van der Waals surface area contributed by atoms with Crippen LogP contribution in [-0.4, -0.2) is 64.8 Å². The van der Waals surface area contributed by atoms with Crippen LogP contribution >= 0.6 is 11.6 Å². The highest BCUT2D eigenvalue weighted by Gasteiger charge is 2.77. The molecule has 1 N–H and O–H groups in total. The Labute approximate surface area is 219 Å². The average molecular weight is 539 g/mol. The fraction of sp³-hybridized carbons (Fsp3) is 0.667. The first kappa shape index (κ1) is 27.6. The van der Waals surface area contributed by atoms with Crippen LogP contribution in [0, 0.1) is 28.6 Å². The molecule has 0 aromatic rings. The SMILES string of the molecule is COC(=O)CCC(=O)O[C@]1(C(=O)CCl)[C@@H](C)C[C@H]2[C@@H]3CC(=O)C4=CC(=O)C=C[C@]4(C)[C@@]3(F)[C@@H](O)C[C@@]21C. The highest BCUT2D eigenvalue weighted by atomic mass is 35.5. The quantitative estimate of drug-likeness (QED) is 0.404. The van der Waals surface area contributed by atoms with E-state index in [1.165, 1.54) is 26.2 Å². The summed E-state index contributed by atoms with van der Waals surface area (Å²) >= 11 is 6.01. The average Bonchev–Trinajstić information content (AvgIpc) is 3.07. The van der Waals surface area contributed by atoms with E-state index in [4.69, 9.17) is 16.3 Å². The van der Waals surface area contributed by atoms with Crippen molar-refractivity contribution < 1.29 is 42.9 Å². The molecule has 4 aliphatic carbocycles. The number of methoxy groups -OCH3 is 1. The Hall–Kier alpha value is -2.39. The lowest BCUT2D eigenvalue weighted by atomic mass is 9.44. The molecule has 8 nitrogen and oxygen atoms in total. The highest BCUT2D eigenvalue weighted by Crippen LogP contribution is 2.71. The normalized spacial score (nSPS) is 42.3. The molecule has 0 amide bonds. The van der Waals surface area contributed by atoms with Gasteiger partial charge in [-0.2, -0.15) is 0 Å². The van der Waals surface area contributed by atoms with Gasteiger partial charge >= 0.3 is 11.9 Å². The van der Waals surface area contributed by atoms with Gasteiger partial charge in [0.2, 0.25) is 0 Å². The molecule has 0 aromatic heterocycles. The Balaban J connectivity index is 1.79. The Bertz CT molecular complexity index is 1130. The molecule has 4 rings (SSSR count). The zero-order valence-electron chi connectivity index (χ0n) is 21.3. The van der Waals surface area contributed by atoms with Gasteiger partial charge in [0.05, 0.1) is 37.4 Å². The lowest BCUT2D eigenvalue weighted by Crippen LogP contribution is -2.71. The number of alkyl halides is 2. The van der Waals surface area contributed by atoms with E-state index in [-0.39, 0.29) is 43.5 Å². The number of halogens is 2. The minimum atomic E-state index is -2.30. The number of aliphatic hydroxyl groups excluding tert-OH is 1. The van der Waals surface area contributed by atoms with Gasteiger partial charge in [0.25, 0.3) is 0 Å². The minimum Gasteiger partial charge on any atom is -0.469 e. The van der Waals surface area contributed by atoms with Gasteiger partial charge in [0, 0.05) is 29.2 Å². The van der Waals surface area contributed by atoms with E-state index in [1.54, 1.807) is 13.8 Å². The van der Waals surface area contributed by atoms with Gasteiger partial charge in [-0.15, -0.1) is 11.6 Å². The second kappa shape index (κ2) is 9.12. The minimum absolute atomic E-state index is 0.0322. The molecule has 0 saturated heterocycles. The molecule has 0 spiro atoms. The van der Waals surface area contributed by atoms with Crippen molar-refractivity contribution in [2.45, 2.75) is 70.2 Å². The Kier molecular flexibility index (Phi) is 6.81. The van der Waals surface area contributed by atoms with Crippen molar-refractivity contribution in [1.82, 2.24) is 0 Å². The molecule has 4 aliphatic rings. The smallest absolute Gasteiger partial charge is 0.307 e. The van der Waals surface area contributed by atoms with Crippen molar-refractivity contribution in [3.63, 3.8) is 0 Å². The number of ether oxygens (including phenoxy) is 2. The number of aliphatic hydroxyl groups is 1. The lowest BCUT2D eigenvalue weighted by molar-refractivity contribution is -0.226. The summed E-state index contributed by atoms with van der Waals surface area (Å²) in [5, 5.41) is 11.5. The van der Waals surface area contributed by atoms with Gasteiger partial charge in [0.1, 0.15) is 0 Å². The van der Waals surface area contributed by atoms with Crippen molar-refractivity contribution in [2.75, 3.05) is 13.0 Å². The zero-order valence-corrected chi connectivity index (χ0v) is 22.1. The summed E-state index contributed by atoms with van der Waals surface area (Å²) in [7, 11) is 1.19. The van der Waals surface area contributed by atoms with Crippen LogP contribution in [0.15, 0.2) is 23.8 Å². The van der Waals surface area contributed by atoms with E-state index in [2.05, 4.69) is 4.74 Å². The molecule has 8 atom stereocenters. The Morgan fingerprint density at radius 3 is 2.43 bits per heavy atom. The molecule has 0 unspecified atom stereocenters. The summed E-state index contributed by atoms with van der Waals surface area (Å²) in [6, 6.07) is 0. The Morgan fingerprint density at radius 1 is 1.16 bits per heavy atom. The number of fused-ring (bicyclic) bond motifs is 5. The molecule has 0 bridgehead atoms. The Morgan fingerprint density at radius 2 is 1.81 bits per heavy atom. The van der Waals surface area contributed by atoms with E-state index in [9.17, 15) is 29.1 Å². The molecule has 10 heteroatoms. The number of carbonyl (C=O) groups is 5. The third-order valence-corrected chi connectivity index (χ3v) is 9.84. The third kappa shape index (κ3) is 3.60. The summed E-state index contributed by atoms with van der Waals surface area (Å²) in [6.45, 7) is 4.91. The number of carbonyl (C=O) groups excluding carboxylic acids is 5. The lowest BCUT2D eigenvalue weighted by Gasteiger charge is -2.62. The number of hydrogen-bond acceptors (Lipinski definition) is 8. The van der Waals surface area contributed by atoms with Crippen molar-refractivity contribution in [3.8, 4) is 0 Å². The highest BCUT2D eigenvalue weighted by molar-refractivity contribution is 6.29.